The van der Waals surface area contributed by atoms with Crippen LogP contribution in [0.5, 0.6) is 0 Å². The van der Waals surface area contributed by atoms with Crippen molar-refractivity contribution in [2.24, 2.45) is 0 Å². The van der Waals surface area contributed by atoms with Crippen LogP contribution in [-0.2, 0) is 4.74 Å². The molecule has 1 nitrogen and oxygen atoms in total. The van der Waals surface area contributed by atoms with Crippen LogP contribution in [0.25, 0.3) is 0 Å². The van der Waals surface area contributed by atoms with Crippen molar-refractivity contribution in [2.75, 3.05) is 11.9 Å². The number of ether oxygens (including phenoxy) is 1. The van der Waals surface area contributed by atoms with E-state index in [1.54, 1.807) is 0 Å². The van der Waals surface area contributed by atoms with Crippen LogP contribution in [0.1, 0.15) is 25.0 Å². The van der Waals surface area contributed by atoms with Gasteiger partial charge in [0.1, 0.15) is 0 Å². The Morgan fingerprint density at radius 3 is 2.54 bits per heavy atom. The number of halogens is 1. The zero-order valence-corrected chi connectivity index (χ0v) is 9.46. The third-order valence-corrected chi connectivity index (χ3v) is 2.26. The minimum Gasteiger partial charge on any atom is -0.373 e. The maximum absolute atomic E-state index is 5.68. The first-order valence-corrected chi connectivity index (χ1v) is 5.73. The summed E-state index contributed by atoms with van der Waals surface area (Å²) in [6.45, 7) is 2.92. The van der Waals surface area contributed by atoms with E-state index in [2.05, 4.69) is 47.1 Å². The molecule has 0 fully saturated rings. The van der Waals surface area contributed by atoms with Crippen LogP contribution >= 0.6 is 15.9 Å². The standard InChI is InChI=1S/C11H15BrO/c1-2-11(13-9-8-12)10-6-4-3-5-7-10/h3-7,11H,2,8-9H2,1H3. The monoisotopic (exact) mass is 242 g/mol. The fourth-order valence-corrected chi connectivity index (χ4v) is 1.49. The highest BCUT2D eigenvalue weighted by atomic mass is 79.9. The minimum atomic E-state index is 0.249. The number of alkyl halides is 1. The van der Waals surface area contributed by atoms with Crippen molar-refractivity contribution in [1.82, 2.24) is 0 Å². The first-order valence-electron chi connectivity index (χ1n) is 4.61. The lowest BCUT2D eigenvalue weighted by molar-refractivity contribution is 0.0622. The Morgan fingerprint density at radius 2 is 2.00 bits per heavy atom. The van der Waals surface area contributed by atoms with Gasteiger partial charge in [-0.15, -0.1) is 0 Å². The maximum Gasteiger partial charge on any atom is 0.0822 e. The summed E-state index contributed by atoms with van der Waals surface area (Å²) in [6, 6.07) is 10.4. The van der Waals surface area contributed by atoms with Crippen molar-refractivity contribution in [2.45, 2.75) is 19.4 Å². The number of hydrogen-bond donors (Lipinski definition) is 0. The molecule has 13 heavy (non-hydrogen) atoms. The topological polar surface area (TPSA) is 9.23 Å². The summed E-state index contributed by atoms with van der Waals surface area (Å²) in [5.41, 5.74) is 1.27. The largest absolute Gasteiger partial charge is 0.373 e. The van der Waals surface area contributed by atoms with Gasteiger partial charge in [-0.1, -0.05) is 53.2 Å². The van der Waals surface area contributed by atoms with Gasteiger partial charge in [-0.05, 0) is 12.0 Å². The van der Waals surface area contributed by atoms with E-state index in [4.69, 9.17) is 4.74 Å². The summed E-state index contributed by atoms with van der Waals surface area (Å²) in [5.74, 6) is 0. The molecule has 0 spiro atoms. The molecule has 0 amide bonds. The van der Waals surface area contributed by atoms with Gasteiger partial charge in [0.25, 0.3) is 0 Å². The van der Waals surface area contributed by atoms with Crippen LogP contribution < -0.4 is 0 Å². The van der Waals surface area contributed by atoms with Gasteiger partial charge in [0.05, 0.1) is 12.7 Å². The average molecular weight is 243 g/mol. The van der Waals surface area contributed by atoms with Gasteiger partial charge in [-0.25, -0.2) is 0 Å². The molecule has 0 aromatic heterocycles. The molecule has 2 heteroatoms. The predicted molar refractivity (Wildman–Crippen MR) is 59.2 cm³/mol. The van der Waals surface area contributed by atoms with Crippen LogP contribution in [0, 0.1) is 0 Å². The van der Waals surface area contributed by atoms with E-state index in [-0.39, 0.29) is 6.10 Å². The predicted octanol–water partition coefficient (Wildman–Crippen LogP) is 3.55. The molecule has 0 bridgehead atoms. The summed E-state index contributed by atoms with van der Waals surface area (Å²) >= 11 is 3.35. The lowest BCUT2D eigenvalue weighted by Gasteiger charge is -2.15. The van der Waals surface area contributed by atoms with E-state index in [9.17, 15) is 0 Å². The molecule has 72 valence electrons. The molecule has 0 aliphatic rings. The molecule has 1 rings (SSSR count). The first kappa shape index (κ1) is 10.7. The van der Waals surface area contributed by atoms with Crippen LogP contribution in [-0.4, -0.2) is 11.9 Å². The first-order chi connectivity index (χ1) is 6.38. The number of rotatable bonds is 5. The lowest BCUT2D eigenvalue weighted by Crippen LogP contribution is -2.04. The maximum atomic E-state index is 5.68. The molecule has 0 saturated carbocycles. The molecule has 1 aromatic carbocycles. The average Bonchev–Trinajstić information content (AvgIpc) is 2.21. The molecule has 1 atom stereocenters. The zero-order valence-electron chi connectivity index (χ0n) is 7.87. The van der Waals surface area contributed by atoms with Crippen molar-refractivity contribution in [3.63, 3.8) is 0 Å². The SMILES string of the molecule is CCC(OCCBr)c1ccccc1. The Morgan fingerprint density at radius 1 is 1.31 bits per heavy atom. The minimum absolute atomic E-state index is 0.249. The summed E-state index contributed by atoms with van der Waals surface area (Å²) in [4.78, 5) is 0. The second-order valence-corrected chi connectivity index (χ2v) is 3.66. The second kappa shape index (κ2) is 6.17. The summed E-state index contributed by atoms with van der Waals surface area (Å²) < 4.78 is 5.68. The molecule has 0 heterocycles. The van der Waals surface area contributed by atoms with Crippen LogP contribution in [0.4, 0.5) is 0 Å². The summed E-state index contributed by atoms with van der Waals surface area (Å²) in [6.07, 6.45) is 1.27. The van der Waals surface area contributed by atoms with Crippen molar-refractivity contribution in [1.29, 1.82) is 0 Å². The fraction of sp³-hybridized carbons (Fsp3) is 0.455. The Bertz CT molecular complexity index is 223. The van der Waals surface area contributed by atoms with Crippen molar-refractivity contribution < 1.29 is 4.74 Å². The van der Waals surface area contributed by atoms with Gasteiger partial charge in [-0.2, -0.15) is 0 Å². The highest BCUT2D eigenvalue weighted by Gasteiger charge is 2.07. The molecule has 1 unspecified atom stereocenters. The van der Waals surface area contributed by atoms with E-state index in [1.165, 1.54) is 5.56 Å². The number of hydrogen-bond acceptors (Lipinski definition) is 1. The zero-order chi connectivity index (χ0) is 9.52. The lowest BCUT2D eigenvalue weighted by atomic mass is 10.1. The molecule has 0 aliphatic carbocycles. The van der Waals surface area contributed by atoms with Gasteiger partial charge in [0, 0.05) is 5.33 Å². The smallest absolute Gasteiger partial charge is 0.0822 e. The third-order valence-electron chi connectivity index (χ3n) is 1.94. The van der Waals surface area contributed by atoms with Gasteiger partial charge < -0.3 is 4.74 Å². The molecule has 1 aromatic rings. The van der Waals surface area contributed by atoms with Gasteiger partial charge in [-0.3, -0.25) is 0 Å². The Hall–Kier alpha value is -0.340. The van der Waals surface area contributed by atoms with E-state index >= 15 is 0 Å². The van der Waals surface area contributed by atoms with Crippen LogP contribution in [0.2, 0.25) is 0 Å². The molecular formula is C11H15BrO. The fourth-order valence-electron chi connectivity index (χ4n) is 1.30. The normalized spacial score (nSPS) is 12.8. The number of benzene rings is 1. The van der Waals surface area contributed by atoms with E-state index in [1.807, 2.05) is 6.07 Å². The van der Waals surface area contributed by atoms with Crippen molar-refractivity contribution in [3.8, 4) is 0 Å². The Balaban J connectivity index is 2.56. The van der Waals surface area contributed by atoms with E-state index in [0.29, 0.717) is 0 Å². The molecular weight excluding hydrogens is 228 g/mol. The Labute approximate surface area is 88.2 Å². The highest BCUT2D eigenvalue weighted by molar-refractivity contribution is 9.09. The summed E-state index contributed by atoms with van der Waals surface area (Å²) in [7, 11) is 0. The van der Waals surface area contributed by atoms with E-state index in [0.717, 1.165) is 18.4 Å². The van der Waals surface area contributed by atoms with Crippen molar-refractivity contribution in [3.05, 3.63) is 35.9 Å². The summed E-state index contributed by atoms with van der Waals surface area (Å²) in [5, 5.41) is 0.899. The van der Waals surface area contributed by atoms with Gasteiger partial charge in [0.15, 0.2) is 0 Å². The highest BCUT2D eigenvalue weighted by Crippen LogP contribution is 2.20. The van der Waals surface area contributed by atoms with Crippen molar-refractivity contribution >= 4 is 15.9 Å². The molecule has 0 saturated heterocycles. The molecule has 0 N–H and O–H groups in total. The van der Waals surface area contributed by atoms with Gasteiger partial charge in [0.2, 0.25) is 0 Å². The second-order valence-electron chi connectivity index (χ2n) is 2.87. The van der Waals surface area contributed by atoms with E-state index < -0.39 is 0 Å². The van der Waals surface area contributed by atoms with Crippen LogP contribution in [0.15, 0.2) is 30.3 Å². The third kappa shape index (κ3) is 3.49. The van der Waals surface area contributed by atoms with Gasteiger partial charge >= 0.3 is 0 Å². The quantitative estimate of drug-likeness (QED) is 0.718. The Kier molecular flexibility index (Phi) is 5.09. The molecule has 0 aliphatic heterocycles. The molecule has 0 radical (unpaired) electrons. The van der Waals surface area contributed by atoms with Crippen LogP contribution in [0.3, 0.4) is 0 Å².